The van der Waals surface area contributed by atoms with Gasteiger partial charge in [0.2, 0.25) is 0 Å². The number of aromatic nitrogens is 2. The van der Waals surface area contributed by atoms with E-state index in [1.54, 1.807) is 32.3 Å². The van der Waals surface area contributed by atoms with Crippen molar-refractivity contribution < 1.29 is 14.5 Å². The van der Waals surface area contributed by atoms with E-state index in [1.807, 2.05) is 19.1 Å². The molecular formula is C19H18N4O4. The van der Waals surface area contributed by atoms with Crippen molar-refractivity contribution in [2.45, 2.75) is 13.8 Å². The minimum atomic E-state index is -0.535. The van der Waals surface area contributed by atoms with Gasteiger partial charge in [0.15, 0.2) is 0 Å². The summed E-state index contributed by atoms with van der Waals surface area (Å²) in [6, 6.07) is 11.4. The zero-order valence-electron chi connectivity index (χ0n) is 15.1. The molecule has 3 rings (SSSR count). The van der Waals surface area contributed by atoms with Crippen LogP contribution in [0.15, 0.2) is 48.7 Å². The van der Waals surface area contributed by atoms with Gasteiger partial charge in [-0.3, -0.25) is 19.6 Å². The second kappa shape index (κ2) is 7.28. The third-order valence-electron chi connectivity index (χ3n) is 3.87. The van der Waals surface area contributed by atoms with Crippen LogP contribution in [0.25, 0.3) is 0 Å². The predicted octanol–water partition coefficient (Wildman–Crippen LogP) is 3.99. The Morgan fingerprint density at radius 2 is 1.85 bits per heavy atom. The van der Waals surface area contributed by atoms with E-state index in [1.165, 1.54) is 22.9 Å². The average molecular weight is 366 g/mol. The molecule has 1 aromatic heterocycles. The molecule has 2 aromatic carbocycles. The summed E-state index contributed by atoms with van der Waals surface area (Å²) >= 11 is 0. The Hall–Kier alpha value is -3.68. The van der Waals surface area contributed by atoms with Crippen molar-refractivity contribution in [1.82, 2.24) is 9.78 Å². The first-order valence-corrected chi connectivity index (χ1v) is 8.17. The first-order chi connectivity index (χ1) is 12.8. The fourth-order valence-corrected chi connectivity index (χ4v) is 2.58. The number of rotatable bonds is 5. The molecule has 8 nitrogen and oxygen atoms in total. The fourth-order valence-electron chi connectivity index (χ4n) is 2.58. The number of nitro groups is 1. The molecule has 0 saturated carbocycles. The van der Waals surface area contributed by atoms with Crippen molar-refractivity contribution in [3.63, 3.8) is 0 Å². The molecule has 138 valence electrons. The zero-order valence-corrected chi connectivity index (χ0v) is 15.1. The molecule has 1 heterocycles. The fraction of sp³-hybridized carbons (Fsp3) is 0.158. The molecule has 1 N–H and O–H groups in total. The van der Waals surface area contributed by atoms with Gasteiger partial charge in [0, 0.05) is 25.4 Å². The minimum Gasteiger partial charge on any atom is -0.457 e. The minimum absolute atomic E-state index is 0.183. The topological polar surface area (TPSA) is 99.3 Å². The van der Waals surface area contributed by atoms with Crippen molar-refractivity contribution in [2.24, 2.45) is 7.05 Å². The number of nitro benzene ring substituents is 1. The van der Waals surface area contributed by atoms with Gasteiger partial charge in [-0.25, -0.2) is 0 Å². The highest BCUT2D eigenvalue weighted by Gasteiger charge is 2.16. The molecule has 3 aromatic rings. The van der Waals surface area contributed by atoms with Crippen molar-refractivity contribution in [1.29, 1.82) is 0 Å². The van der Waals surface area contributed by atoms with Crippen LogP contribution in [0.1, 0.15) is 21.6 Å². The smallest absolute Gasteiger partial charge is 0.275 e. The molecule has 0 atom stereocenters. The van der Waals surface area contributed by atoms with E-state index in [4.69, 9.17) is 4.74 Å². The van der Waals surface area contributed by atoms with Crippen molar-refractivity contribution in [3.8, 4) is 11.5 Å². The normalized spacial score (nSPS) is 10.5. The van der Waals surface area contributed by atoms with E-state index < -0.39 is 10.8 Å². The molecule has 0 aliphatic carbocycles. The quantitative estimate of drug-likeness (QED) is 0.544. The van der Waals surface area contributed by atoms with Crippen LogP contribution < -0.4 is 10.1 Å². The lowest BCUT2D eigenvalue weighted by molar-refractivity contribution is -0.384. The molecule has 8 heteroatoms. The zero-order chi connectivity index (χ0) is 19.6. The maximum absolute atomic E-state index is 12.5. The van der Waals surface area contributed by atoms with E-state index in [9.17, 15) is 14.9 Å². The summed E-state index contributed by atoms with van der Waals surface area (Å²) in [4.78, 5) is 23.2. The molecule has 0 aliphatic rings. The third-order valence-corrected chi connectivity index (χ3v) is 3.87. The number of non-ortho nitro benzene ring substituents is 1. The number of amides is 1. The number of benzene rings is 2. The second-order valence-corrected chi connectivity index (χ2v) is 6.14. The van der Waals surface area contributed by atoms with E-state index in [0.717, 1.165) is 5.56 Å². The van der Waals surface area contributed by atoms with Gasteiger partial charge in [-0.2, -0.15) is 5.10 Å². The van der Waals surface area contributed by atoms with Gasteiger partial charge in [-0.1, -0.05) is 17.7 Å². The van der Waals surface area contributed by atoms with Gasteiger partial charge in [0.05, 0.1) is 27.9 Å². The molecule has 0 spiro atoms. The Kier molecular flexibility index (Phi) is 4.89. The van der Waals surface area contributed by atoms with Crippen LogP contribution in [-0.4, -0.2) is 20.6 Å². The first-order valence-electron chi connectivity index (χ1n) is 8.17. The summed E-state index contributed by atoms with van der Waals surface area (Å²) in [5, 5.41) is 18.0. The highest BCUT2D eigenvalue weighted by molar-refractivity contribution is 6.05. The first kappa shape index (κ1) is 18.1. The van der Waals surface area contributed by atoms with Gasteiger partial charge >= 0.3 is 0 Å². The molecule has 1 amide bonds. The Morgan fingerprint density at radius 3 is 2.44 bits per heavy atom. The van der Waals surface area contributed by atoms with E-state index in [0.29, 0.717) is 17.0 Å². The molecular weight excluding hydrogens is 348 g/mol. The maximum atomic E-state index is 12.5. The maximum Gasteiger partial charge on any atom is 0.275 e. The monoisotopic (exact) mass is 366 g/mol. The number of nitrogens with one attached hydrogen (secondary N) is 1. The highest BCUT2D eigenvalue weighted by Crippen LogP contribution is 2.30. The van der Waals surface area contributed by atoms with Crippen LogP contribution in [0.5, 0.6) is 11.5 Å². The number of hydrogen-bond acceptors (Lipinski definition) is 5. The number of aryl methyl sites for hydroxylation is 3. The second-order valence-electron chi connectivity index (χ2n) is 6.14. The van der Waals surface area contributed by atoms with Gasteiger partial charge < -0.3 is 10.1 Å². The number of nitrogens with zero attached hydrogens (tertiary/aromatic N) is 3. The number of hydrogen-bond donors (Lipinski definition) is 1. The predicted molar refractivity (Wildman–Crippen MR) is 100 cm³/mol. The highest BCUT2D eigenvalue weighted by atomic mass is 16.6. The summed E-state index contributed by atoms with van der Waals surface area (Å²) in [6.45, 7) is 3.67. The van der Waals surface area contributed by atoms with Gasteiger partial charge in [0.1, 0.15) is 11.5 Å². The van der Waals surface area contributed by atoms with Gasteiger partial charge in [-0.15, -0.1) is 0 Å². The summed E-state index contributed by atoms with van der Waals surface area (Å²) in [7, 11) is 1.71. The van der Waals surface area contributed by atoms with E-state index in [2.05, 4.69) is 10.4 Å². The lowest BCUT2D eigenvalue weighted by atomic mass is 10.2. The SMILES string of the molecule is Cc1ccc(Oc2cc(NC(=O)c3cn(C)nc3C)cc([N+](=O)[O-])c2)cc1. The number of anilines is 1. The van der Waals surface area contributed by atoms with Crippen LogP contribution >= 0.6 is 0 Å². The van der Waals surface area contributed by atoms with Crippen LogP contribution in [0.3, 0.4) is 0 Å². The molecule has 0 fully saturated rings. The Morgan fingerprint density at radius 1 is 1.15 bits per heavy atom. The third kappa shape index (κ3) is 4.30. The Bertz CT molecular complexity index is 1010. The lowest BCUT2D eigenvalue weighted by Gasteiger charge is -2.09. The summed E-state index contributed by atoms with van der Waals surface area (Å²) in [5.74, 6) is 0.398. The van der Waals surface area contributed by atoms with Gasteiger partial charge in [-0.05, 0) is 26.0 Å². The molecule has 27 heavy (non-hydrogen) atoms. The van der Waals surface area contributed by atoms with Crippen molar-refractivity contribution in [2.75, 3.05) is 5.32 Å². The van der Waals surface area contributed by atoms with Crippen molar-refractivity contribution in [3.05, 3.63) is 75.6 Å². The molecule has 0 saturated heterocycles. The van der Waals surface area contributed by atoms with Crippen LogP contribution in [0.4, 0.5) is 11.4 Å². The average Bonchev–Trinajstić information content (AvgIpc) is 2.95. The van der Waals surface area contributed by atoms with Gasteiger partial charge in [0.25, 0.3) is 11.6 Å². The standard InChI is InChI=1S/C19H18N4O4/c1-12-4-6-16(7-5-12)27-17-9-14(8-15(10-17)23(25)26)20-19(24)18-11-22(3)21-13(18)2/h4-11H,1-3H3,(H,20,24). The van der Waals surface area contributed by atoms with Crippen LogP contribution in [0.2, 0.25) is 0 Å². The Balaban J connectivity index is 1.89. The Labute approximate surface area is 155 Å². The van der Waals surface area contributed by atoms with Crippen molar-refractivity contribution >= 4 is 17.3 Å². The number of carbonyl (C=O) groups is 1. The largest absolute Gasteiger partial charge is 0.457 e. The van der Waals surface area contributed by atoms with E-state index >= 15 is 0 Å². The van der Waals surface area contributed by atoms with Crippen LogP contribution in [0, 0.1) is 24.0 Å². The lowest BCUT2D eigenvalue weighted by Crippen LogP contribution is -2.12. The summed E-state index contributed by atoms with van der Waals surface area (Å²) in [6.07, 6.45) is 1.59. The van der Waals surface area contributed by atoms with Crippen LogP contribution in [-0.2, 0) is 7.05 Å². The summed E-state index contributed by atoms with van der Waals surface area (Å²) in [5.41, 5.74) is 2.11. The molecule has 0 aliphatic heterocycles. The molecule has 0 bridgehead atoms. The summed E-state index contributed by atoms with van der Waals surface area (Å²) < 4.78 is 7.24. The number of ether oxygens (including phenoxy) is 1. The number of carbonyl (C=O) groups excluding carboxylic acids is 1. The molecule has 0 unspecified atom stereocenters. The van der Waals surface area contributed by atoms with E-state index in [-0.39, 0.29) is 17.1 Å². The molecule has 0 radical (unpaired) electrons.